The maximum absolute atomic E-state index is 5.98. The summed E-state index contributed by atoms with van der Waals surface area (Å²) in [5, 5.41) is 0.723. The molecule has 3 heterocycles. The molecule has 0 N–H and O–H groups in total. The first-order valence-corrected chi connectivity index (χ1v) is 9.87. The smallest absolute Gasteiger partial charge is 0.159 e. The number of halogens is 1. The second-order valence-corrected chi connectivity index (χ2v) is 7.70. The number of para-hydroxylation sites is 1. The second-order valence-electron chi connectivity index (χ2n) is 7.26. The minimum absolute atomic E-state index is 0.659. The molecule has 3 aromatic rings. The summed E-state index contributed by atoms with van der Waals surface area (Å²) in [5.74, 6) is 1.74. The van der Waals surface area contributed by atoms with Crippen LogP contribution in [0.1, 0.15) is 16.8 Å². The molecule has 0 atom stereocenters. The number of ether oxygens (including phenoxy) is 1. The average Bonchev–Trinajstić information content (AvgIpc) is 2.74. The zero-order valence-corrected chi connectivity index (χ0v) is 16.2. The van der Waals surface area contributed by atoms with Gasteiger partial charge < -0.3 is 4.74 Å². The van der Waals surface area contributed by atoms with E-state index in [0.29, 0.717) is 6.61 Å². The Bertz CT molecular complexity index is 1050. The maximum Gasteiger partial charge on any atom is 0.159 e. The molecule has 0 amide bonds. The first-order valence-electron chi connectivity index (χ1n) is 9.49. The highest BCUT2D eigenvalue weighted by molar-refractivity contribution is 6.30. The monoisotopic (exact) mass is 389 g/mol. The number of nitrogens with zero attached hydrogens (tertiary/aromatic N) is 3. The van der Waals surface area contributed by atoms with Crippen LogP contribution >= 0.6 is 11.6 Å². The maximum atomic E-state index is 5.98. The van der Waals surface area contributed by atoms with Crippen molar-refractivity contribution in [2.24, 2.45) is 0 Å². The van der Waals surface area contributed by atoms with E-state index >= 15 is 0 Å². The Labute approximate surface area is 169 Å². The van der Waals surface area contributed by atoms with Crippen molar-refractivity contribution in [2.45, 2.75) is 13.0 Å². The molecule has 5 rings (SSSR count). The van der Waals surface area contributed by atoms with E-state index in [-0.39, 0.29) is 0 Å². The molecule has 2 aromatic carbocycles. The first-order chi connectivity index (χ1) is 13.7. The fourth-order valence-electron chi connectivity index (χ4n) is 3.79. The standard InChI is InChI=1S/C23H20ClN3O/c24-20-7-5-17(6-8-20)23-25-12-19-14-27(10-9-21(19)26-23)13-16-11-18-3-1-2-4-22(18)28-15-16/h1-8,11-12H,9-10,13-15H2. The molecule has 0 saturated heterocycles. The van der Waals surface area contributed by atoms with Crippen LogP contribution in [0, 0.1) is 0 Å². The van der Waals surface area contributed by atoms with Gasteiger partial charge in [0, 0.05) is 54.0 Å². The molecule has 0 aliphatic carbocycles. The molecular weight excluding hydrogens is 370 g/mol. The van der Waals surface area contributed by atoms with Crippen molar-refractivity contribution in [1.29, 1.82) is 0 Å². The molecule has 0 bridgehead atoms. The van der Waals surface area contributed by atoms with Gasteiger partial charge in [0.25, 0.3) is 0 Å². The second kappa shape index (κ2) is 7.38. The number of rotatable bonds is 3. The highest BCUT2D eigenvalue weighted by Gasteiger charge is 2.21. The lowest BCUT2D eigenvalue weighted by molar-refractivity contribution is 0.255. The zero-order valence-electron chi connectivity index (χ0n) is 15.4. The van der Waals surface area contributed by atoms with Gasteiger partial charge in [-0.25, -0.2) is 9.97 Å². The van der Waals surface area contributed by atoms with E-state index in [0.717, 1.165) is 59.5 Å². The molecule has 28 heavy (non-hydrogen) atoms. The van der Waals surface area contributed by atoms with Gasteiger partial charge in [0.1, 0.15) is 12.4 Å². The van der Waals surface area contributed by atoms with Gasteiger partial charge >= 0.3 is 0 Å². The van der Waals surface area contributed by atoms with Crippen LogP contribution in [0.3, 0.4) is 0 Å². The van der Waals surface area contributed by atoms with E-state index < -0.39 is 0 Å². The highest BCUT2D eigenvalue weighted by Crippen LogP contribution is 2.27. The molecule has 0 saturated carbocycles. The Balaban J connectivity index is 1.31. The van der Waals surface area contributed by atoms with Crippen LogP contribution in [0.15, 0.2) is 60.3 Å². The number of fused-ring (bicyclic) bond motifs is 2. The summed E-state index contributed by atoms with van der Waals surface area (Å²) < 4.78 is 5.89. The van der Waals surface area contributed by atoms with Crippen molar-refractivity contribution >= 4 is 17.7 Å². The van der Waals surface area contributed by atoms with Crippen molar-refractivity contribution in [2.75, 3.05) is 19.7 Å². The van der Waals surface area contributed by atoms with Crippen molar-refractivity contribution in [3.63, 3.8) is 0 Å². The predicted octanol–water partition coefficient (Wildman–Crippen LogP) is 4.63. The molecule has 4 nitrogen and oxygen atoms in total. The molecule has 0 spiro atoms. The van der Waals surface area contributed by atoms with Crippen molar-refractivity contribution in [3.8, 4) is 17.1 Å². The molecule has 2 aliphatic heterocycles. The molecule has 2 aliphatic rings. The Morgan fingerprint density at radius 1 is 1.07 bits per heavy atom. The Morgan fingerprint density at radius 2 is 1.93 bits per heavy atom. The predicted molar refractivity (Wildman–Crippen MR) is 111 cm³/mol. The van der Waals surface area contributed by atoms with Gasteiger partial charge in [-0.15, -0.1) is 0 Å². The van der Waals surface area contributed by atoms with Crippen LogP contribution in [-0.2, 0) is 13.0 Å². The zero-order chi connectivity index (χ0) is 18.9. The van der Waals surface area contributed by atoms with E-state index in [9.17, 15) is 0 Å². The van der Waals surface area contributed by atoms with Crippen LogP contribution in [-0.4, -0.2) is 34.6 Å². The lowest BCUT2D eigenvalue weighted by Crippen LogP contribution is -2.34. The Morgan fingerprint density at radius 3 is 2.82 bits per heavy atom. The molecular formula is C23H20ClN3O. The number of hydrogen-bond acceptors (Lipinski definition) is 4. The largest absolute Gasteiger partial charge is 0.489 e. The molecule has 0 fully saturated rings. The summed E-state index contributed by atoms with van der Waals surface area (Å²) in [6, 6.07) is 15.9. The SMILES string of the molecule is Clc1ccc(-c2ncc3c(n2)CCN(CC2=Cc4ccccc4OC2)C3)cc1. The van der Waals surface area contributed by atoms with E-state index in [4.69, 9.17) is 21.3 Å². The van der Waals surface area contributed by atoms with Crippen LogP contribution in [0.25, 0.3) is 17.5 Å². The topological polar surface area (TPSA) is 38.2 Å². The average molecular weight is 390 g/mol. The summed E-state index contributed by atoms with van der Waals surface area (Å²) in [6.45, 7) is 3.43. The van der Waals surface area contributed by atoms with Crippen molar-refractivity contribution in [3.05, 3.63) is 82.1 Å². The van der Waals surface area contributed by atoms with Gasteiger partial charge in [-0.1, -0.05) is 29.8 Å². The lowest BCUT2D eigenvalue weighted by atomic mass is 10.0. The minimum Gasteiger partial charge on any atom is -0.489 e. The molecule has 1 aromatic heterocycles. The Hall–Kier alpha value is -2.69. The summed E-state index contributed by atoms with van der Waals surface area (Å²) in [4.78, 5) is 11.8. The quantitative estimate of drug-likeness (QED) is 0.654. The fourth-order valence-corrected chi connectivity index (χ4v) is 3.92. The molecule has 0 radical (unpaired) electrons. The van der Waals surface area contributed by atoms with Gasteiger partial charge in [0.2, 0.25) is 0 Å². The number of hydrogen-bond donors (Lipinski definition) is 0. The third kappa shape index (κ3) is 3.53. The normalized spacial score (nSPS) is 16.0. The van der Waals surface area contributed by atoms with Crippen LogP contribution in [0.2, 0.25) is 5.02 Å². The fraction of sp³-hybridized carbons (Fsp3) is 0.217. The van der Waals surface area contributed by atoms with Crippen LogP contribution < -0.4 is 4.74 Å². The molecule has 5 heteroatoms. The van der Waals surface area contributed by atoms with E-state index in [1.807, 2.05) is 48.7 Å². The number of aromatic nitrogens is 2. The van der Waals surface area contributed by atoms with E-state index in [1.54, 1.807) is 0 Å². The number of benzene rings is 2. The van der Waals surface area contributed by atoms with Gasteiger partial charge in [0.15, 0.2) is 5.82 Å². The third-order valence-corrected chi connectivity index (χ3v) is 5.49. The summed E-state index contributed by atoms with van der Waals surface area (Å²) in [5.41, 5.74) is 5.83. The minimum atomic E-state index is 0.659. The van der Waals surface area contributed by atoms with Crippen LogP contribution in [0.4, 0.5) is 0 Å². The van der Waals surface area contributed by atoms with Crippen LogP contribution in [0.5, 0.6) is 5.75 Å². The van der Waals surface area contributed by atoms with Gasteiger partial charge in [-0.3, -0.25) is 4.90 Å². The molecule has 0 unspecified atom stereocenters. The van der Waals surface area contributed by atoms with Crippen molar-refractivity contribution in [1.82, 2.24) is 14.9 Å². The molecule has 140 valence electrons. The Kier molecular flexibility index (Phi) is 4.59. The first kappa shape index (κ1) is 17.4. The van der Waals surface area contributed by atoms with E-state index in [2.05, 4.69) is 22.0 Å². The van der Waals surface area contributed by atoms with Gasteiger partial charge in [-0.2, -0.15) is 0 Å². The highest BCUT2D eigenvalue weighted by atomic mass is 35.5. The summed E-state index contributed by atoms with van der Waals surface area (Å²) in [7, 11) is 0. The summed E-state index contributed by atoms with van der Waals surface area (Å²) >= 11 is 5.98. The lowest BCUT2D eigenvalue weighted by Gasteiger charge is -2.30. The summed E-state index contributed by atoms with van der Waals surface area (Å²) in [6.07, 6.45) is 5.16. The van der Waals surface area contributed by atoms with Gasteiger partial charge in [-0.05, 0) is 42.0 Å². The van der Waals surface area contributed by atoms with E-state index in [1.165, 1.54) is 11.1 Å². The third-order valence-electron chi connectivity index (χ3n) is 5.23. The van der Waals surface area contributed by atoms with Gasteiger partial charge in [0.05, 0.1) is 5.69 Å². The van der Waals surface area contributed by atoms with Crippen molar-refractivity contribution < 1.29 is 4.74 Å².